The van der Waals surface area contributed by atoms with E-state index in [0.29, 0.717) is 6.42 Å². The van der Waals surface area contributed by atoms with E-state index in [1.807, 2.05) is 24.3 Å². The summed E-state index contributed by atoms with van der Waals surface area (Å²) in [6.45, 7) is 7.16. The first-order valence-electron chi connectivity index (χ1n) is 6.48. The minimum absolute atomic E-state index is 0.223. The van der Waals surface area contributed by atoms with Crippen molar-refractivity contribution in [1.82, 2.24) is 0 Å². The average molecular weight is 261 g/mol. The molecular formula is C15H19NO3. The summed E-state index contributed by atoms with van der Waals surface area (Å²) in [7, 11) is 0. The molecule has 1 fully saturated rings. The van der Waals surface area contributed by atoms with Gasteiger partial charge in [0.15, 0.2) is 0 Å². The molecule has 1 aliphatic heterocycles. The molecule has 0 saturated carbocycles. The zero-order valence-corrected chi connectivity index (χ0v) is 11.0. The van der Waals surface area contributed by atoms with Crippen LogP contribution in [0.3, 0.4) is 0 Å². The first-order chi connectivity index (χ1) is 9.29. The van der Waals surface area contributed by atoms with Crippen LogP contribution >= 0.6 is 0 Å². The fourth-order valence-corrected chi connectivity index (χ4v) is 2.02. The van der Waals surface area contributed by atoms with Crippen molar-refractivity contribution in [1.29, 1.82) is 0 Å². The van der Waals surface area contributed by atoms with Crippen LogP contribution in [0.25, 0.3) is 0 Å². The Morgan fingerprint density at radius 2 is 2.00 bits per heavy atom. The largest absolute Gasteiger partial charge is 0.461 e. The summed E-state index contributed by atoms with van der Waals surface area (Å²) in [4.78, 5) is 13.7. The number of nitrogens with zero attached hydrogens (tertiary/aromatic N) is 1. The molecule has 102 valence electrons. The van der Waals surface area contributed by atoms with Gasteiger partial charge in [0.25, 0.3) is 0 Å². The highest BCUT2D eigenvalue weighted by Gasteiger charge is 2.11. The Kier molecular flexibility index (Phi) is 4.98. The van der Waals surface area contributed by atoms with Crippen LogP contribution in [0.4, 0.5) is 5.69 Å². The van der Waals surface area contributed by atoms with Crippen LogP contribution < -0.4 is 4.90 Å². The fourth-order valence-electron chi connectivity index (χ4n) is 2.02. The minimum Gasteiger partial charge on any atom is -0.461 e. The van der Waals surface area contributed by atoms with Crippen LogP contribution in [0.1, 0.15) is 5.56 Å². The summed E-state index contributed by atoms with van der Waals surface area (Å²) < 4.78 is 10.3. The van der Waals surface area contributed by atoms with E-state index in [-0.39, 0.29) is 12.6 Å². The Labute approximate surface area is 113 Å². The number of anilines is 1. The van der Waals surface area contributed by atoms with Crippen molar-refractivity contribution < 1.29 is 14.3 Å². The number of carbonyl (C=O) groups is 1. The first kappa shape index (κ1) is 13.6. The maximum absolute atomic E-state index is 11.5. The lowest BCUT2D eigenvalue weighted by atomic mass is 10.1. The summed E-state index contributed by atoms with van der Waals surface area (Å²) in [5, 5.41) is 0. The molecule has 0 N–H and O–H groups in total. The fraction of sp³-hybridized carbons (Fsp3) is 0.400. The number of esters is 1. The summed E-state index contributed by atoms with van der Waals surface area (Å²) in [6.07, 6.45) is 1.87. The smallest absolute Gasteiger partial charge is 0.310 e. The molecule has 4 nitrogen and oxygen atoms in total. The predicted molar refractivity (Wildman–Crippen MR) is 74.3 cm³/mol. The third kappa shape index (κ3) is 4.10. The van der Waals surface area contributed by atoms with Crippen molar-refractivity contribution in [3.63, 3.8) is 0 Å². The van der Waals surface area contributed by atoms with E-state index in [1.54, 1.807) is 6.08 Å². The maximum Gasteiger partial charge on any atom is 0.310 e. The lowest BCUT2D eigenvalue weighted by molar-refractivity contribution is -0.141. The van der Waals surface area contributed by atoms with Gasteiger partial charge in [0.1, 0.15) is 6.61 Å². The second-order valence-corrected chi connectivity index (χ2v) is 4.41. The number of ether oxygens (including phenoxy) is 2. The monoisotopic (exact) mass is 261 g/mol. The Morgan fingerprint density at radius 3 is 2.63 bits per heavy atom. The molecule has 0 aliphatic carbocycles. The van der Waals surface area contributed by atoms with E-state index in [4.69, 9.17) is 9.47 Å². The normalized spacial score (nSPS) is 15.1. The zero-order valence-electron chi connectivity index (χ0n) is 11.0. The number of hydrogen-bond donors (Lipinski definition) is 0. The van der Waals surface area contributed by atoms with Crippen LogP contribution in [0.15, 0.2) is 36.9 Å². The molecule has 1 aromatic carbocycles. The molecule has 0 atom stereocenters. The number of morpholine rings is 1. The molecule has 1 heterocycles. The van der Waals surface area contributed by atoms with Crippen LogP contribution in [0, 0.1) is 0 Å². The molecule has 0 radical (unpaired) electrons. The van der Waals surface area contributed by atoms with Gasteiger partial charge in [-0.25, -0.2) is 0 Å². The third-order valence-electron chi connectivity index (χ3n) is 3.02. The molecule has 4 heteroatoms. The topological polar surface area (TPSA) is 38.8 Å². The van der Waals surface area contributed by atoms with Gasteiger partial charge in [-0.05, 0) is 17.7 Å². The SMILES string of the molecule is C=CCOC(=O)Cc1ccc(N2CCOCC2)cc1. The molecule has 2 rings (SSSR count). The summed E-state index contributed by atoms with van der Waals surface area (Å²) in [5.41, 5.74) is 2.14. The van der Waals surface area contributed by atoms with E-state index in [0.717, 1.165) is 31.9 Å². The quantitative estimate of drug-likeness (QED) is 0.598. The van der Waals surface area contributed by atoms with Gasteiger partial charge in [0, 0.05) is 18.8 Å². The lowest BCUT2D eigenvalue weighted by Crippen LogP contribution is -2.36. The summed E-state index contributed by atoms with van der Waals surface area (Å²) in [5.74, 6) is -0.223. The van der Waals surface area contributed by atoms with Crippen LogP contribution in [0.5, 0.6) is 0 Å². The van der Waals surface area contributed by atoms with E-state index in [9.17, 15) is 4.79 Å². The van der Waals surface area contributed by atoms with Crippen molar-refractivity contribution in [3.8, 4) is 0 Å². The number of hydrogen-bond acceptors (Lipinski definition) is 4. The van der Waals surface area contributed by atoms with E-state index in [1.165, 1.54) is 5.69 Å². The van der Waals surface area contributed by atoms with Crippen molar-refractivity contribution in [3.05, 3.63) is 42.5 Å². The highest BCUT2D eigenvalue weighted by Crippen LogP contribution is 2.17. The van der Waals surface area contributed by atoms with Gasteiger partial charge < -0.3 is 14.4 Å². The van der Waals surface area contributed by atoms with Crippen molar-refractivity contribution in [2.45, 2.75) is 6.42 Å². The minimum atomic E-state index is -0.223. The van der Waals surface area contributed by atoms with E-state index >= 15 is 0 Å². The number of benzene rings is 1. The third-order valence-corrected chi connectivity index (χ3v) is 3.02. The Hall–Kier alpha value is -1.81. The average Bonchev–Trinajstić information content (AvgIpc) is 2.47. The summed E-state index contributed by atoms with van der Waals surface area (Å²) in [6, 6.07) is 8.03. The van der Waals surface area contributed by atoms with Gasteiger partial charge in [-0.15, -0.1) is 0 Å². The molecule has 1 aliphatic rings. The second-order valence-electron chi connectivity index (χ2n) is 4.41. The Balaban J connectivity index is 1.90. The van der Waals surface area contributed by atoms with Crippen molar-refractivity contribution in [2.75, 3.05) is 37.8 Å². The lowest BCUT2D eigenvalue weighted by Gasteiger charge is -2.28. The highest BCUT2D eigenvalue weighted by molar-refractivity contribution is 5.72. The van der Waals surface area contributed by atoms with E-state index in [2.05, 4.69) is 11.5 Å². The zero-order chi connectivity index (χ0) is 13.5. The Morgan fingerprint density at radius 1 is 1.32 bits per heavy atom. The predicted octanol–water partition coefficient (Wildman–Crippen LogP) is 1.79. The van der Waals surface area contributed by atoms with Gasteiger partial charge in [0.2, 0.25) is 0 Å². The molecular weight excluding hydrogens is 242 g/mol. The first-order valence-corrected chi connectivity index (χ1v) is 6.48. The second kappa shape index (κ2) is 6.95. The van der Waals surface area contributed by atoms with Gasteiger partial charge in [0.05, 0.1) is 19.6 Å². The van der Waals surface area contributed by atoms with Crippen molar-refractivity contribution in [2.24, 2.45) is 0 Å². The van der Waals surface area contributed by atoms with Gasteiger partial charge in [-0.1, -0.05) is 24.8 Å². The van der Waals surface area contributed by atoms with Crippen LogP contribution in [0.2, 0.25) is 0 Å². The highest BCUT2D eigenvalue weighted by atomic mass is 16.5. The molecule has 0 amide bonds. The molecule has 0 spiro atoms. The molecule has 19 heavy (non-hydrogen) atoms. The molecule has 0 aromatic heterocycles. The summed E-state index contributed by atoms with van der Waals surface area (Å²) >= 11 is 0. The molecule has 1 saturated heterocycles. The maximum atomic E-state index is 11.5. The number of carbonyl (C=O) groups excluding carboxylic acids is 1. The standard InChI is InChI=1S/C15H19NO3/c1-2-9-19-15(17)12-13-3-5-14(6-4-13)16-7-10-18-11-8-16/h2-6H,1,7-12H2. The van der Waals surface area contributed by atoms with Gasteiger partial charge >= 0.3 is 5.97 Å². The number of rotatable bonds is 5. The molecule has 1 aromatic rings. The van der Waals surface area contributed by atoms with Gasteiger partial charge in [-0.2, -0.15) is 0 Å². The van der Waals surface area contributed by atoms with E-state index < -0.39 is 0 Å². The molecule has 0 unspecified atom stereocenters. The Bertz CT molecular complexity index is 422. The van der Waals surface area contributed by atoms with Crippen molar-refractivity contribution >= 4 is 11.7 Å². The van der Waals surface area contributed by atoms with Gasteiger partial charge in [-0.3, -0.25) is 4.79 Å². The molecule has 0 bridgehead atoms. The van der Waals surface area contributed by atoms with Crippen LogP contribution in [-0.2, 0) is 20.7 Å². The van der Waals surface area contributed by atoms with Crippen LogP contribution in [-0.4, -0.2) is 38.9 Å².